The van der Waals surface area contributed by atoms with Crippen molar-refractivity contribution in [3.63, 3.8) is 0 Å². The summed E-state index contributed by atoms with van der Waals surface area (Å²) in [6.45, 7) is 6.63. The van der Waals surface area contributed by atoms with Gasteiger partial charge in [0.25, 0.3) is 0 Å². The van der Waals surface area contributed by atoms with Crippen LogP contribution >= 0.6 is 15.6 Å². The zero-order valence-corrected chi connectivity index (χ0v) is 21.6. The van der Waals surface area contributed by atoms with Gasteiger partial charge in [-0.25, -0.2) is 13.9 Å². The number of hydrogen-bond acceptors (Lipinski definition) is 10. The van der Waals surface area contributed by atoms with E-state index in [0.717, 1.165) is 4.57 Å². The summed E-state index contributed by atoms with van der Waals surface area (Å²) in [6.07, 6.45) is -1.84. The van der Waals surface area contributed by atoms with Crippen LogP contribution in [-0.2, 0) is 48.7 Å². The maximum atomic E-state index is 12.3. The number of phosphoric ester groups is 2. The van der Waals surface area contributed by atoms with E-state index in [1.807, 2.05) is 0 Å². The zero-order valence-electron chi connectivity index (χ0n) is 18.7. The number of nitrogens with zero attached hydrogens (tertiary/aromatic N) is 2. The summed E-state index contributed by atoms with van der Waals surface area (Å²) in [5, 5.41) is 0. The maximum absolute atomic E-state index is 12.3. The number of hydrogen-bond donors (Lipinski definition) is 3. The van der Waals surface area contributed by atoms with Crippen LogP contribution in [0, 0.1) is 11.8 Å². The third-order valence-corrected chi connectivity index (χ3v) is 6.12. The van der Waals surface area contributed by atoms with Gasteiger partial charge in [-0.3, -0.25) is 22.7 Å². The molecule has 2 rings (SSSR count). The van der Waals surface area contributed by atoms with E-state index in [1.165, 1.54) is 12.3 Å². The molecule has 4 N–H and O–H groups in total. The van der Waals surface area contributed by atoms with Gasteiger partial charge >= 0.3 is 21.3 Å². The Hall–Kier alpha value is -0.634. The van der Waals surface area contributed by atoms with Crippen LogP contribution in [0.5, 0.6) is 0 Å². The first-order valence-corrected chi connectivity index (χ1v) is 13.0. The van der Waals surface area contributed by atoms with Gasteiger partial charge in [-0.2, -0.15) is 4.98 Å². The first-order valence-electron chi connectivity index (χ1n) is 10.1. The molecule has 2 heterocycles. The number of nitrogen functional groups attached to an aromatic ring is 1. The summed E-state index contributed by atoms with van der Waals surface area (Å²) < 4.78 is 51.4. The van der Waals surface area contributed by atoms with Gasteiger partial charge in [-0.15, -0.1) is 0 Å². The van der Waals surface area contributed by atoms with Crippen LogP contribution < -0.4 is 11.4 Å². The van der Waals surface area contributed by atoms with Crippen LogP contribution in [0.15, 0.2) is 17.1 Å². The first-order chi connectivity index (χ1) is 14.8. The van der Waals surface area contributed by atoms with E-state index in [-0.39, 0.29) is 54.1 Å². The molecule has 2 unspecified atom stereocenters. The minimum Gasteiger partial charge on any atom is -0.383 e. The van der Waals surface area contributed by atoms with Crippen LogP contribution in [0.1, 0.15) is 40.3 Å². The van der Waals surface area contributed by atoms with Gasteiger partial charge in [-0.1, -0.05) is 27.7 Å². The molecule has 1 fully saturated rings. The summed E-state index contributed by atoms with van der Waals surface area (Å²) in [5.74, 6) is -0.0171. The molecule has 16 heteroatoms. The van der Waals surface area contributed by atoms with Crippen molar-refractivity contribution in [2.75, 3.05) is 25.6 Å². The van der Waals surface area contributed by atoms with Crippen LogP contribution in [0.3, 0.4) is 0 Å². The summed E-state index contributed by atoms with van der Waals surface area (Å²) in [7, 11) is -8.89. The first kappa shape index (κ1) is 30.4. The number of anilines is 1. The predicted molar refractivity (Wildman–Crippen MR) is 113 cm³/mol. The Morgan fingerprint density at radius 2 is 1.73 bits per heavy atom. The fourth-order valence-electron chi connectivity index (χ4n) is 2.67. The van der Waals surface area contributed by atoms with E-state index in [9.17, 15) is 23.7 Å². The molecule has 193 valence electrons. The average molecular weight is 558 g/mol. The fraction of sp³-hybridized carbons (Fsp3) is 0.765. The molecule has 0 bridgehead atoms. The Morgan fingerprint density at radius 3 is 2.27 bits per heavy atom. The number of rotatable bonds is 12. The molecule has 0 amide bonds. The third-order valence-electron chi connectivity index (χ3n) is 4.15. The Bertz CT molecular complexity index is 915. The van der Waals surface area contributed by atoms with E-state index in [0.29, 0.717) is 0 Å². The fourth-order valence-corrected chi connectivity index (χ4v) is 4.68. The summed E-state index contributed by atoms with van der Waals surface area (Å²) in [5.41, 5.74) is 4.80. The largest absolute Gasteiger partial charge is 0.472 e. The topological polar surface area (TPSA) is 182 Å². The second-order valence-corrected chi connectivity index (χ2v) is 11.0. The molecule has 0 saturated carbocycles. The Kier molecular flexibility index (Phi) is 11.9. The molecule has 0 aromatic carbocycles. The van der Waals surface area contributed by atoms with Crippen molar-refractivity contribution in [1.29, 1.82) is 0 Å². The Labute approximate surface area is 202 Å². The van der Waals surface area contributed by atoms with Crippen molar-refractivity contribution in [2.45, 2.75) is 52.6 Å². The minimum atomic E-state index is -4.48. The van der Waals surface area contributed by atoms with Crippen LogP contribution in [0.4, 0.5) is 5.82 Å². The smallest absolute Gasteiger partial charge is 0.383 e. The number of aromatic nitrogens is 2. The second kappa shape index (κ2) is 12.9. The van der Waals surface area contributed by atoms with Crippen LogP contribution in [0.2, 0.25) is 0 Å². The van der Waals surface area contributed by atoms with Crippen molar-refractivity contribution in [3.05, 3.63) is 22.7 Å². The van der Waals surface area contributed by atoms with Crippen molar-refractivity contribution >= 4 is 21.5 Å². The van der Waals surface area contributed by atoms with Crippen molar-refractivity contribution in [3.8, 4) is 0 Å². The number of nitrogens with two attached hydrogens (primary N) is 1. The van der Waals surface area contributed by atoms with Crippen molar-refractivity contribution in [1.82, 2.24) is 9.55 Å². The SMILES string of the molecule is CC(C)COP(=O)(O)OC[C@H]1O[C@@H](n2ccc(N)nc2=O)C[C@@H]1OP(=O)(O)OCC(C)C.[Co]. The molecule has 1 radical (unpaired) electrons. The van der Waals surface area contributed by atoms with Gasteiger partial charge in [0.15, 0.2) is 0 Å². The molecular weight excluding hydrogens is 527 g/mol. The summed E-state index contributed by atoms with van der Waals surface area (Å²) in [4.78, 5) is 35.7. The number of ether oxygens (including phenoxy) is 1. The van der Waals surface area contributed by atoms with Crippen LogP contribution in [-0.4, -0.2) is 51.4 Å². The molecule has 1 aliphatic heterocycles. The monoisotopic (exact) mass is 558 g/mol. The number of phosphoric acid groups is 2. The van der Waals surface area contributed by atoms with E-state index in [2.05, 4.69) is 4.98 Å². The van der Waals surface area contributed by atoms with Gasteiger partial charge in [0.1, 0.15) is 24.3 Å². The maximum Gasteiger partial charge on any atom is 0.472 e. The molecule has 0 spiro atoms. The van der Waals surface area contributed by atoms with Gasteiger partial charge in [0.2, 0.25) is 0 Å². The van der Waals surface area contributed by atoms with E-state index >= 15 is 0 Å². The van der Waals surface area contributed by atoms with E-state index < -0.39 is 46.4 Å². The van der Waals surface area contributed by atoms with Gasteiger partial charge < -0.3 is 20.3 Å². The molecule has 5 atom stereocenters. The van der Waals surface area contributed by atoms with Gasteiger partial charge in [0, 0.05) is 29.4 Å². The Morgan fingerprint density at radius 1 is 1.15 bits per heavy atom. The van der Waals surface area contributed by atoms with Gasteiger partial charge in [0.05, 0.1) is 19.8 Å². The predicted octanol–water partition coefficient (Wildman–Crippen LogP) is 2.06. The van der Waals surface area contributed by atoms with Gasteiger partial charge in [-0.05, 0) is 17.9 Å². The van der Waals surface area contributed by atoms with Crippen molar-refractivity contribution in [2.24, 2.45) is 11.8 Å². The standard InChI is InChI=1S/C17H31N3O10P2.Co/c1-11(2)8-26-31(22,23)28-10-14-13(30-32(24,25)27-9-12(3)4)7-16(29-14)20-6-5-15(18)19-17(20)21;/h5-6,11-14,16H,7-10H2,1-4H3,(H,22,23)(H,24,25)(H2,18,19,21);/t13-,14+,16+;/m0./s1. The minimum absolute atomic E-state index is 0. The molecule has 0 aliphatic carbocycles. The molecule has 1 aliphatic rings. The average Bonchev–Trinajstić information content (AvgIpc) is 3.05. The zero-order chi connectivity index (χ0) is 24.1. The Balaban J connectivity index is 0.00000544. The van der Waals surface area contributed by atoms with E-state index in [1.54, 1.807) is 27.7 Å². The molecule has 1 aromatic heterocycles. The summed E-state index contributed by atoms with van der Waals surface area (Å²) in [6, 6.07) is 1.38. The quantitative estimate of drug-likeness (QED) is 0.318. The third kappa shape index (κ3) is 10.3. The van der Waals surface area contributed by atoms with Crippen LogP contribution in [0.25, 0.3) is 0 Å². The molecule has 1 aromatic rings. The molecule has 1 saturated heterocycles. The second-order valence-electron chi connectivity index (χ2n) is 8.16. The molecular formula is C17H31CoN3O10P2. The molecule has 33 heavy (non-hydrogen) atoms. The van der Waals surface area contributed by atoms with Crippen molar-refractivity contribution < 1.29 is 58.5 Å². The normalized spacial score (nSPS) is 24.4. The molecule has 13 nitrogen and oxygen atoms in total. The van der Waals surface area contributed by atoms with E-state index in [4.69, 9.17) is 28.6 Å². The summed E-state index contributed by atoms with van der Waals surface area (Å²) >= 11 is 0.